The molecule has 0 saturated carbocycles. The number of hydrogen-bond donors (Lipinski definition) is 4. The quantitative estimate of drug-likeness (QED) is 0.473. The number of aliphatic hydroxyl groups excluding tert-OH is 4. The van der Waals surface area contributed by atoms with Crippen molar-refractivity contribution in [2.24, 2.45) is 0 Å². The van der Waals surface area contributed by atoms with E-state index in [2.05, 4.69) is 6.92 Å². The maximum atomic E-state index is 9.86. The van der Waals surface area contributed by atoms with Crippen molar-refractivity contribution in [2.75, 3.05) is 12.4 Å². The Kier molecular flexibility index (Phi) is 9.08. The SMILES string of the molecule is CCCCCCCCS[C@@H]1OC(CO)[C@H](O)[C@@H](O)C1O. The zero-order chi connectivity index (χ0) is 15.0. The van der Waals surface area contributed by atoms with Crippen molar-refractivity contribution >= 4 is 11.8 Å². The molecular formula is C14H28O5S. The van der Waals surface area contributed by atoms with E-state index >= 15 is 0 Å². The van der Waals surface area contributed by atoms with Gasteiger partial charge in [0.05, 0.1) is 6.61 Å². The molecule has 1 heterocycles. The minimum Gasteiger partial charge on any atom is -0.394 e. The van der Waals surface area contributed by atoms with Gasteiger partial charge in [-0.1, -0.05) is 39.0 Å². The van der Waals surface area contributed by atoms with Crippen molar-refractivity contribution in [3.8, 4) is 0 Å². The van der Waals surface area contributed by atoms with Gasteiger partial charge in [0, 0.05) is 0 Å². The van der Waals surface area contributed by atoms with Crippen LogP contribution in [0, 0.1) is 0 Å². The van der Waals surface area contributed by atoms with E-state index in [0.29, 0.717) is 0 Å². The molecule has 20 heavy (non-hydrogen) atoms. The van der Waals surface area contributed by atoms with Gasteiger partial charge >= 0.3 is 0 Å². The number of aliphatic hydroxyl groups is 4. The molecule has 0 aromatic carbocycles. The molecule has 0 aromatic rings. The van der Waals surface area contributed by atoms with E-state index in [-0.39, 0.29) is 6.61 Å². The van der Waals surface area contributed by atoms with E-state index in [1.165, 1.54) is 37.4 Å². The molecule has 0 bridgehead atoms. The molecule has 6 heteroatoms. The third-order valence-electron chi connectivity index (χ3n) is 3.63. The zero-order valence-corrected chi connectivity index (χ0v) is 13.0. The highest BCUT2D eigenvalue weighted by Gasteiger charge is 2.43. The minimum atomic E-state index is -1.26. The normalized spacial score (nSPS) is 34.4. The second-order valence-corrected chi connectivity index (χ2v) is 6.54. The Bertz CT molecular complexity index is 252. The molecule has 0 spiro atoms. The number of unbranched alkanes of at least 4 members (excludes halogenated alkanes) is 5. The van der Waals surface area contributed by atoms with Gasteiger partial charge in [-0.2, -0.15) is 0 Å². The molecule has 0 amide bonds. The number of thioether (sulfide) groups is 1. The second-order valence-electron chi connectivity index (χ2n) is 5.34. The molecule has 0 aliphatic carbocycles. The average Bonchev–Trinajstić information content (AvgIpc) is 2.46. The van der Waals surface area contributed by atoms with E-state index in [4.69, 9.17) is 9.84 Å². The lowest BCUT2D eigenvalue weighted by molar-refractivity contribution is -0.205. The summed E-state index contributed by atoms with van der Waals surface area (Å²) in [7, 11) is 0. The highest BCUT2D eigenvalue weighted by Crippen LogP contribution is 2.29. The van der Waals surface area contributed by atoms with Gasteiger partial charge in [-0.3, -0.25) is 0 Å². The molecule has 0 aromatic heterocycles. The third-order valence-corrected chi connectivity index (χ3v) is 4.87. The molecule has 5 nitrogen and oxygen atoms in total. The Balaban J connectivity index is 2.21. The van der Waals surface area contributed by atoms with Crippen LogP contribution in [0.3, 0.4) is 0 Å². The first-order chi connectivity index (χ1) is 9.61. The number of ether oxygens (including phenoxy) is 1. The minimum absolute atomic E-state index is 0.362. The molecule has 1 fully saturated rings. The van der Waals surface area contributed by atoms with Crippen molar-refractivity contribution < 1.29 is 25.2 Å². The maximum Gasteiger partial charge on any atom is 0.132 e. The zero-order valence-electron chi connectivity index (χ0n) is 12.1. The Morgan fingerprint density at radius 1 is 0.900 bits per heavy atom. The average molecular weight is 308 g/mol. The Morgan fingerprint density at radius 2 is 1.55 bits per heavy atom. The molecular weight excluding hydrogens is 280 g/mol. The Morgan fingerprint density at radius 3 is 2.20 bits per heavy atom. The molecule has 5 atom stereocenters. The Hall–Kier alpha value is 0.150. The van der Waals surface area contributed by atoms with E-state index in [0.717, 1.165) is 18.6 Å². The summed E-state index contributed by atoms with van der Waals surface area (Å²) in [6, 6.07) is 0. The maximum absolute atomic E-state index is 9.86. The summed E-state index contributed by atoms with van der Waals surface area (Å²) in [6.45, 7) is 1.83. The summed E-state index contributed by atoms with van der Waals surface area (Å²) >= 11 is 1.44. The first-order valence-electron chi connectivity index (χ1n) is 7.54. The van der Waals surface area contributed by atoms with Crippen LogP contribution >= 0.6 is 11.8 Å². The molecule has 2 unspecified atom stereocenters. The fraction of sp³-hybridized carbons (Fsp3) is 1.00. The largest absolute Gasteiger partial charge is 0.394 e. The molecule has 0 radical (unpaired) electrons. The van der Waals surface area contributed by atoms with Crippen LogP contribution < -0.4 is 0 Å². The van der Waals surface area contributed by atoms with Crippen LogP contribution in [0.4, 0.5) is 0 Å². The Labute approximate surface area is 125 Å². The lowest BCUT2D eigenvalue weighted by Gasteiger charge is -2.39. The third kappa shape index (κ3) is 5.50. The monoisotopic (exact) mass is 308 g/mol. The van der Waals surface area contributed by atoms with E-state index in [9.17, 15) is 15.3 Å². The van der Waals surface area contributed by atoms with E-state index in [1.54, 1.807) is 0 Å². The van der Waals surface area contributed by atoms with Gasteiger partial charge in [0.2, 0.25) is 0 Å². The van der Waals surface area contributed by atoms with Crippen molar-refractivity contribution in [1.29, 1.82) is 0 Å². The van der Waals surface area contributed by atoms with Crippen LogP contribution in [0.25, 0.3) is 0 Å². The molecule has 1 aliphatic heterocycles. The molecule has 1 rings (SSSR count). The van der Waals surface area contributed by atoms with Gasteiger partial charge in [0.15, 0.2) is 0 Å². The van der Waals surface area contributed by atoms with Gasteiger partial charge in [-0.05, 0) is 12.2 Å². The smallest absolute Gasteiger partial charge is 0.132 e. The summed E-state index contributed by atoms with van der Waals surface area (Å²) in [5.74, 6) is 0.842. The van der Waals surface area contributed by atoms with Crippen LogP contribution in [0.5, 0.6) is 0 Å². The summed E-state index contributed by atoms with van der Waals surface area (Å²) in [5.41, 5.74) is -0.582. The first-order valence-corrected chi connectivity index (χ1v) is 8.58. The standard InChI is InChI=1S/C14H28O5S/c1-2-3-4-5-6-7-8-20-14-13(18)12(17)11(16)10(9-15)19-14/h10-18H,2-9H2,1H3/t10?,11-,12+,13?,14-/m0/s1. The predicted octanol–water partition coefficient (Wildman–Crippen LogP) is 0.880. The summed E-state index contributed by atoms with van der Waals surface area (Å²) in [4.78, 5) is 0. The summed E-state index contributed by atoms with van der Waals surface area (Å²) in [5, 5.41) is 38.3. The number of rotatable bonds is 9. The van der Waals surface area contributed by atoms with Gasteiger partial charge in [0.25, 0.3) is 0 Å². The fourth-order valence-corrected chi connectivity index (χ4v) is 3.47. The van der Waals surface area contributed by atoms with Crippen molar-refractivity contribution in [2.45, 2.75) is 75.3 Å². The highest BCUT2D eigenvalue weighted by atomic mass is 32.2. The molecule has 1 aliphatic rings. The lowest BCUT2D eigenvalue weighted by atomic mass is 10.0. The van der Waals surface area contributed by atoms with Crippen LogP contribution in [0.1, 0.15) is 45.4 Å². The van der Waals surface area contributed by atoms with Gasteiger partial charge in [-0.15, -0.1) is 11.8 Å². The van der Waals surface area contributed by atoms with Crippen molar-refractivity contribution in [1.82, 2.24) is 0 Å². The van der Waals surface area contributed by atoms with Gasteiger partial charge in [0.1, 0.15) is 29.9 Å². The van der Waals surface area contributed by atoms with Crippen LogP contribution in [0.2, 0.25) is 0 Å². The summed E-state index contributed by atoms with van der Waals surface area (Å²) < 4.78 is 5.43. The molecule has 1 saturated heterocycles. The van der Waals surface area contributed by atoms with Gasteiger partial charge in [-0.25, -0.2) is 0 Å². The van der Waals surface area contributed by atoms with Gasteiger partial charge < -0.3 is 25.2 Å². The van der Waals surface area contributed by atoms with E-state index < -0.39 is 29.9 Å². The van der Waals surface area contributed by atoms with Crippen LogP contribution in [-0.4, -0.2) is 62.6 Å². The molecule has 120 valence electrons. The second kappa shape index (κ2) is 9.97. The topological polar surface area (TPSA) is 90.2 Å². The fourth-order valence-electron chi connectivity index (χ4n) is 2.29. The first kappa shape index (κ1) is 18.2. The van der Waals surface area contributed by atoms with Crippen molar-refractivity contribution in [3.63, 3.8) is 0 Å². The van der Waals surface area contributed by atoms with E-state index in [1.807, 2.05) is 0 Å². The number of hydrogen-bond acceptors (Lipinski definition) is 6. The van der Waals surface area contributed by atoms with Crippen LogP contribution in [0.15, 0.2) is 0 Å². The lowest BCUT2D eigenvalue weighted by Crippen LogP contribution is -2.57. The summed E-state index contributed by atoms with van der Waals surface area (Å²) in [6.07, 6.45) is 2.77. The predicted molar refractivity (Wildman–Crippen MR) is 79.6 cm³/mol. The molecule has 4 N–H and O–H groups in total. The van der Waals surface area contributed by atoms with Crippen molar-refractivity contribution in [3.05, 3.63) is 0 Å². The highest BCUT2D eigenvalue weighted by molar-refractivity contribution is 7.99. The van der Waals surface area contributed by atoms with Crippen LogP contribution in [-0.2, 0) is 4.74 Å².